The van der Waals surface area contributed by atoms with Crippen molar-refractivity contribution < 1.29 is 0 Å². The van der Waals surface area contributed by atoms with Crippen LogP contribution in [0, 0.1) is 5.92 Å². The maximum atomic E-state index is 5.88. The molecule has 1 atom stereocenters. The van der Waals surface area contributed by atoms with Crippen molar-refractivity contribution in [3.63, 3.8) is 0 Å². The third-order valence-electron chi connectivity index (χ3n) is 3.81. The lowest BCUT2D eigenvalue weighted by Gasteiger charge is -2.30. The first kappa shape index (κ1) is 9.07. The first-order chi connectivity index (χ1) is 7.36. The largest absolute Gasteiger partial charge is 0.394 e. The van der Waals surface area contributed by atoms with Crippen LogP contribution in [0.4, 0.5) is 11.5 Å². The predicted octanol–water partition coefficient (Wildman–Crippen LogP) is 2.01. The SMILES string of the molecule is Nc1cnn2c1NCCC2C1CCCC1. The Kier molecular flexibility index (Phi) is 2.08. The van der Waals surface area contributed by atoms with Crippen LogP contribution in [0.5, 0.6) is 0 Å². The Morgan fingerprint density at radius 1 is 1.33 bits per heavy atom. The summed E-state index contributed by atoms with van der Waals surface area (Å²) in [5.74, 6) is 1.86. The van der Waals surface area contributed by atoms with Crippen molar-refractivity contribution in [2.75, 3.05) is 17.6 Å². The molecular formula is C11H18N4. The van der Waals surface area contributed by atoms with Crippen molar-refractivity contribution in [2.24, 2.45) is 5.92 Å². The van der Waals surface area contributed by atoms with Crippen molar-refractivity contribution in [1.82, 2.24) is 9.78 Å². The van der Waals surface area contributed by atoms with E-state index in [9.17, 15) is 0 Å². The maximum Gasteiger partial charge on any atom is 0.148 e. The number of rotatable bonds is 1. The van der Waals surface area contributed by atoms with E-state index in [1.165, 1.54) is 32.1 Å². The molecule has 4 heteroatoms. The smallest absolute Gasteiger partial charge is 0.148 e. The molecule has 0 bridgehead atoms. The maximum absolute atomic E-state index is 5.88. The van der Waals surface area contributed by atoms with Crippen LogP contribution in [-0.4, -0.2) is 16.3 Å². The highest BCUT2D eigenvalue weighted by Gasteiger charge is 2.31. The van der Waals surface area contributed by atoms with Gasteiger partial charge >= 0.3 is 0 Å². The number of nitrogens with one attached hydrogen (secondary N) is 1. The Morgan fingerprint density at radius 3 is 2.93 bits per heavy atom. The Labute approximate surface area is 89.8 Å². The Hall–Kier alpha value is -1.19. The van der Waals surface area contributed by atoms with Crippen LogP contribution >= 0.6 is 0 Å². The molecule has 0 radical (unpaired) electrons. The topological polar surface area (TPSA) is 55.9 Å². The van der Waals surface area contributed by atoms with Gasteiger partial charge in [0.05, 0.1) is 17.9 Å². The molecule has 0 amide bonds. The molecule has 3 rings (SSSR count). The van der Waals surface area contributed by atoms with Gasteiger partial charge in [0.15, 0.2) is 0 Å². The molecule has 1 saturated carbocycles. The zero-order valence-corrected chi connectivity index (χ0v) is 8.95. The summed E-state index contributed by atoms with van der Waals surface area (Å²) in [6, 6.07) is 0.584. The van der Waals surface area contributed by atoms with Crippen molar-refractivity contribution in [3.8, 4) is 0 Å². The van der Waals surface area contributed by atoms with Gasteiger partial charge in [-0.05, 0) is 25.2 Å². The summed E-state index contributed by atoms with van der Waals surface area (Å²) in [4.78, 5) is 0. The average molecular weight is 206 g/mol. The fourth-order valence-electron chi connectivity index (χ4n) is 3.05. The van der Waals surface area contributed by atoms with Crippen molar-refractivity contribution in [2.45, 2.75) is 38.1 Å². The summed E-state index contributed by atoms with van der Waals surface area (Å²) in [7, 11) is 0. The molecule has 3 N–H and O–H groups in total. The van der Waals surface area contributed by atoms with E-state index in [2.05, 4.69) is 15.1 Å². The van der Waals surface area contributed by atoms with Crippen LogP contribution in [0.15, 0.2) is 6.20 Å². The molecule has 15 heavy (non-hydrogen) atoms. The number of hydrogen-bond donors (Lipinski definition) is 2. The summed E-state index contributed by atoms with van der Waals surface area (Å²) in [5, 5.41) is 7.75. The monoisotopic (exact) mass is 206 g/mol. The number of nitrogens with zero attached hydrogens (tertiary/aromatic N) is 2. The number of nitrogen functional groups attached to an aromatic ring is 1. The number of anilines is 2. The van der Waals surface area contributed by atoms with Crippen LogP contribution in [0.1, 0.15) is 38.1 Å². The second kappa shape index (κ2) is 3.43. The summed E-state index contributed by atoms with van der Waals surface area (Å²) in [6.45, 7) is 1.04. The molecule has 1 aliphatic carbocycles. The van der Waals surface area contributed by atoms with Gasteiger partial charge in [0.1, 0.15) is 5.82 Å². The number of hydrogen-bond acceptors (Lipinski definition) is 3. The van der Waals surface area contributed by atoms with Gasteiger partial charge in [0.2, 0.25) is 0 Å². The van der Waals surface area contributed by atoms with E-state index >= 15 is 0 Å². The van der Waals surface area contributed by atoms with Gasteiger partial charge in [-0.15, -0.1) is 0 Å². The second-order valence-corrected chi connectivity index (χ2v) is 4.72. The predicted molar refractivity (Wildman–Crippen MR) is 60.7 cm³/mol. The van der Waals surface area contributed by atoms with Crippen LogP contribution in [0.2, 0.25) is 0 Å². The van der Waals surface area contributed by atoms with Gasteiger partial charge in [-0.25, -0.2) is 4.68 Å². The lowest BCUT2D eigenvalue weighted by molar-refractivity contribution is 0.290. The highest BCUT2D eigenvalue weighted by Crippen LogP contribution is 2.40. The van der Waals surface area contributed by atoms with E-state index in [1.807, 2.05) is 0 Å². The molecule has 0 saturated heterocycles. The second-order valence-electron chi connectivity index (χ2n) is 4.72. The number of fused-ring (bicyclic) bond motifs is 1. The van der Waals surface area contributed by atoms with Crippen LogP contribution in [0.25, 0.3) is 0 Å². The van der Waals surface area contributed by atoms with E-state index in [1.54, 1.807) is 6.20 Å². The summed E-state index contributed by atoms with van der Waals surface area (Å²) < 4.78 is 2.12. The fraction of sp³-hybridized carbons (Fsp3) is 0.727. The van der Waals surface area contributed by atoms with Gasteiger partial charge < -0.3 is 11.1 Å². The molecule has 2 heterocycles. The van der Waals surface area contributed by atoms with E-state index in [4.69, 9.17) is 5.73 Å². The fourth-order valence-corrected chi connectivity index (χ4v) is 3.05. The summed E-state index contributed by atoms with van der Waals surface area (Å²) in [5.41, 5.74) is 6.67. The Balaban J connectivity index is 1.91. The normalized spacial score (nSPS) is 26.3. The van der Waals surface area contributed by atoms with Crippen molar-refractivity contribution >= 4 is 11.5 Å². The lowest BCUT2D eigenvalue weighted by atomic mass is 9.94. The Bertz CT molecular complexity index is 351. The molecule has 1 aromatic heterocycles. The molecule has 1 fully saturated rings. The van der Waals surface area contributed by atoms with Gasteiger partial charge in [-0.2, -0.15) is 5.10 Å². The minimum Gasteiger partial charge on any atom is -0.394 e. The quantitative estimate of drug-likeness (QED) is 0.739. The van der Waals surface area contributed by atoms with Crippen LogP contribution < -0.4 is 11.1 Å². The first-order valence-electron chi connectivity index (χ1n) is 5.93. The zero-order chi connectivity index (χ0) is 10.3. The first-order valence-corrected chi connectivity index (χ1v) is 5.93. The number of aromatic nitrogens is 2. The molecule has 1 aliphatic heterocycles. The third-order valence-corrected chi connectivity index (χ3v) is 3.81. The summed E-state index contributed by atoms with van der Waals surface area (Å²) in [6.07, 6.45) is 8.48. The van der Waals surface area contributed by atoms with Gasteiger partial charge in [-0.1, -0.05) is 12.8 Å². The van der Waals surface area contributed by atoms with E-state index < -0.39 is 0 Å². The molecule has 0 aromatic carbocycles. The molecule has 1 unspecified atom stereocenters. The van der Waals surface area contributed by atoms with E-state index in [0.717, 1.165) is 24.0 Å². The molecular weight excluding hydrogens is 188 g/mol. The minimum absolute atomic E-state index is 0.584. The van der Waals surface area contributed by atoms with E-state index in [-0.39, 0.29) is 0 Å². The third kappa shape index (κ3) is 1.39. The molecule has 0 spiro atoms. The Morgan fingerprint density at radius 2 is 2.13 bits per heavy atom. The summed E-state index contributed by atoms with van der Waals surface area (Å²) >= 11 is 0. The van der Waals surface area contributed by atoms with Gasteiger partial charge in [0.25, 0.3) is 0 Å². The average Bonchev–Trinajstić information content (AvgIpc) is 2.88. The van der Waals surface area contributed by atoms with E-state index in [0.29, 0.717) is 6.04 Å². The zero-order valence-electron chi connectivity index (χ0n) is 8.95. The van der Waals surface area contributed by atoms with Gasteiger partial charge in [0, 0.05) is 6.54 Å². The van der Waals surface area contributed by atoms with Crippen molar-refractivity contribution in [1.29, 1.82) is 0 Å². The standard InChI is InChI=1S/C11H18N4/c12-9-7-14-15-10(5-6-13-11(9)15)8-3-1-2-4-8/h7-8,10,13H,1-6,12H2. The lowest BCUT2D eigenvalue weighted by Crippen LogP contribution is -2.28. The number of nitrogens with two attached hydrogens (primary N) is 1. The van der Waals surface area contributed by atoms with Crippen molar-refractivity contribution in [3.05, 3.63) is 6.20 Å². The van der Waals surface area contributed by atoms with Crippen LogP contribution in [-0.2, 0) is 0 Å². The molecule has 4 nitrogen and oxygen atoms in total. The molecule has 82 valence electrons. The highest BCUT2D eigenvalue weighted by atomic mass is 15.4. The van der Waals surface area contributed by atoms with Crippen LogP contribution in [0.3, 0.4) is 0 Å². The van der Waals surface area contributed by atoms with Gasteiger partial charge in [-0.3, -0.25) is 0 Å². The minimum atomic E-state index is 0.584. The molecule has 2 aliphatic rings. The highest BCUT2D eigenvalue weighted by molar-refractivity contribution is 5.61. The molecule has 1 aromatic rings.